The predicted octanol–water partition coefficient (Wildman–Crippen LogP) is 3.12. The van der Waals surface area contributed by atoms with E-state index in [2.05, 4.69) is 58.6 Å². The number of aromatic nitrogens is 3. The minimum atomic E-state index is 0.328. The molecule has 1 aromatic carbocycles. The second-order valence-electron chi connectivity index (χ2n) is 4.72. The molecule has 1 unspecified atom stereocenters. The van der Waals surface area contributed by atoms with E-state index in [0.29, 0.717) is 6.04 Å². The summed E-state index contributed by atoms with van der Waals surface area (Å²) >= 11 is 1.68. The molecule has 2 N–H and O–H groups in total. The standard InChI is InChI=1S/C15H22N4S/c1-4-12-6-8-13(9-7-12)14(16-5-2)10-20-15-17-11(3)18-19-15/h6-9,14,16H,4-5,10H2,1-3H3,(H,17,18,19). The number of aryl methyl sites for hydroxylation is 2. The Balaban J connectivity index is 2.01. The van der Waals surface area contributed by atoms with Crippen molar-refractivity contribution in [1.29, 1.82) is 0 Å². The molecule has 1 heterocycles. The van der Waals surface area contributed by atoms with Crippen LogP contribution in [0.25, 0.3) is 0 Å². The molecule has 0 spiro atoms. The second-order valence-corrected chi connectivity index (χ2v) is 5.71. The average molecular weight is 290 g/mol. The van der Waals surface area contributed by atoms with Crippen LogP contribution in [0.15, 0.2) is 29.4 Å². The fourth-order valence-corrected chi connectivity index (χ4v) is 2.99. The lowest BCUT2D eigenvalue weighted by Gasteiger charge is -2.17. The highest BCUT2D eigenvalue weighted by Gasteiger charge is 2.12. The van der Waals surface area contributed by atoms with Gasteiger partial charge in [0.25, 0.3) is 0 Å². The third-order valence-electron chi connectivity index (χ3n) is 3.20. The summed E-state index contributed by atoms with van der Waals surface area (Å²) in [5.41, 5.74) is 2.70. The lowest BCUT2D eigenvalue weighted by Crippen LogP contribution is -2.23. The van der Waals surface area contributed by atoms with Crippen LogP contribution in [0.2, 0.25) is 0 Å². The summed E-state index contributed by atoms with van der Waals surface area (Å²) in [7, 11) is 0. The van der Waals surface area contributed by atoms with E-state index in [1.807, 2.05) is 6.92 Å². The first-order chi connectivity index (χ1) is 9.72. The molecule has 2 rings (SSSR count). The van der Waals surface area contributed by atoms with E-state index in [9.17, 15) is 0 Å². The molecule has 0 bridgehead atoms. The van der Waals surface area contributed by atoms with Crippen molar-refractivity contribution in [2.24, 2.45) is 0 Å². The predicted molar refractivity (Wildman–Crippen MR) is 84.1 cm³/mol. The van der Waals surface area contributed by atoms with E-state index in [4.69, 9.17) is 0 Å². The summed E-state index contributed by atoms with van der Waals surface area (Å²) in [5.74, 6) is 1.79. The summed E-state index contributed by atoms with van der Waals surface area (Å²) in [6, 6.07) is 9.18. The maximum Gasteiger partial charge on any atom is 0.208 e. The number of benzene rings is 1. The van der Waals surface area contributed by atoms with Crippen LogP contribution < -0.4 is 5.32 Å². The molecule has 0 saturated carbocycles. The smallest absolute Gasteiger partial charge is 0.208 e. The van der Waals surface area contributed by atoms with Crippen molar-refractivity contribution in [1.82, 2.24) is 20.5 Å². The number of nitrogens with zero attached hydrogens (tertiary/aromatic N) is 2. The van der Waals surface area contributed by atoms with E-state index < -0.39 is 0 Å². The Kier molecular flexibility index (Phi) is 5.61. The molecule has 0 aliphatic heterocycles. The second kappa shape index (κ2) is 7.45. The molecule has 4 nitrogen and oxygen atoms in total. The number of rotatable bonds is 7. The van der Waals surface area contributed by atoms with Crippen molar-refractivity contribution in [3.05, 3.63) is 41.2 Å². The minimum Gasteiger partial charge on any atom is -0.309 e. The van der Waals surface area contributed by atoms with E-state index in [1.54, 1.807) is 11.8 Å². The van der Waals surface area contributed by atoms with E-state index in [-0.39, 0.29) is 0 Å². The quantitative estimate of drug-likeness (QED) is 0.769. The van der Waals surface area contributed by atoms with Gasteiger partial charge in [0.2, 0.25) is 5.16 Å². The number of hydrogen-bond acceptors (Lipinski definition) is 4. The molecule has 0 aliphatic rings. The van der Waals surface area contributed by atoms with Gasteiger partial charge in [-0.15, -0.1) is 5.10 Å². The van der Waals surface area contributed by atoms with Crippen molar-refractivity contribution in [2.75, 3.05) is 12.3 Å². The van der Waals surface area contributed by atoms with Crippen LogP contribution in [0.5, 0.6) is 0 Å². The Labute approximate surface area is 124 Å². The third kappa shape index (κ3) is 4.08. The first-order valence-corrected chi connectivity index (χ1v) is 8.05. The van der Waals surface area contributed by atoms with Crippen molar-refractivity contribution >= 4 is 11.8 Å². The summed E-state index contributed by atoms with van der Waals surface area (Å²) in [4.78, 5) is 4.33. The van der Waals surface area contributed by atoms with Crippen LogP contribution in [0.4, 0.5) is 0 Å². The normalized spacial score (nSPS) is 12.6. The molecule has 0 fully saturated rings. The van der Waals surface area contributed by atoms with Crippen molar-refractivity contribution in [3.63, 3.8) is 0 Å². The van der Waals surface area contributed by atoms with E-state index in [0.717, 1.165) is 29.7 Å². The van der Waals surface area contributed by atoms with Gasteiger partial charge in [-0.05, 0) is 31.0 Å². The number of hydrogen-bond donors (Lipinski definition) is 2. The third-order valence-corrected chi connectivity index (χ3v) is 4.14. The number of thioether (sulfide) groups is 1. The lowest BCUT2D eigenvalue weighted by molar-refractivity contribution is 0.605. The zero-order chi connectivity index (χ0) is 14.4. The fraction of sp³-hybridized carbons (Fsp3) is 0.467. The topological polar surface area (TPSA) is 53.6 Å². The van der Waals surface area contributed by atoms with Crippen LogP contribution in [-0.4, -0.2) is 27.5 Å². The zero-order valence-electron chi connectivity index (χ0n) is 12.3. The largest absolute Gasteiger partial charge is 0.309 e. The molecule has 5 heteroatoms. The average Bonchev–Trinajstić information content (AvgIpc) is 2.89. The highest BCUT2D eigenvalue weighted by Crippen LogP contribution is 2.22. The van der Waals surface area contributed by atoms with Gasteiger partial charge in [-0.3, -0.25) is 5.10 Å². The molecule has 0 amide bonds. The Bertz CT molecular complexity index is 521. The van der Waals surface area contributed by atoms with Crippen LogP contribution in [-0.2, 0) is 6.42 Å². The minimum absolute atomic E-state index is 0.328. The summed E-state index contributed by atoms with van der Waals surface area (Å²) in [6.45, 7) is 7.18. The van der Waals surface area contributed by atoms with E-state index >= 15 is 0 Å². The molecular weight excluding hydrogens is 268 g/mol. The van der Waals surface area contributed by atoms with Gasteiger partial charge in [-0.1, -0.05) is 49.9 Å². The van der Waals surface area contributed by atoms with Crippen molar-refractivity contribution in [3.8, 4) is 0 Å². The van der Waals surface area contributed by atoms with Gasteiger partial charge in [0.1, 0.15) is 5.82 Å². The number of aromatic amines is 1. The summed E-state index contributed by atoms with van der Waals surface area (Å²) in [5, 5.41) is 11.4. The lowest BCUT2D eigenvalue weighted by atomic mass is 10.1. The molecule has 1 aromatic heterocycles. The van der Waals surface area contributed by atoms with Crippen LogP contribution in [0, 0.1) is 6.92 Å². The number of nitrogens with one attached hydrogen (secondary N) is 2. The van der Waals surface area contributed by atoms with Crippen LogP contribution in [0.1, 0.15) is 36.8 Å². The van der Waals surface area contributed by atoms with Gasteiger partial charge in [0, 0.05) is 11.8 Å². The molecule has 0 aliphatic carbocycles. The van der Waals surface area contributed by atoms with Gasteiger partial charge < -0.3 is 5.32 Å². The first kappa shape index (κ1) is 15.1. The fourth-order valence-electron chi connectivity index (χ4n) is 2.05. The van der Waals surface area contributed by atoms with Crippen molar-refractivity contribution < 1.29 is 0 Å². The number of H-pyrrole nitrogens is 1. The molecule has 108 valence electrons. The summed E-state index contributed by atoms with van der Waals surface area (Å²) < 4.78 is 0. The van der Waals surface area contributed by atoms with Gasteiger partial charge in [-0.2, -0.15) is 0 Å². The molecule has 0 saturated heterocycles. The maximum absolute atomic E-state index is 4.33. The van der Waals surface area contributed by atoms with Crippen LogP contribution in [0.3, 0.4) is 0 Å². The molecular formula is C15H22N4S. The Morgan fingerprint density at radius 3 is 2.55 bits per heavy atom. The SMILES string of the molecule is CCNC(CSc1n[nH]c(C)n1)c1ccc(CC)cc1. The van der Waals surface area contributed by atoms with Crippen LogP contribution >= 0.6 is 11.8 Å². The molecule has 20 heavy (non-hydrogen) atoms. The van der Waals surface area contributed by atoms with Gasteiger partial charge in [0.05, 0.1) is 0 Å². The molecule has 2 aromatic rings. The molecule has 1 atom stereocenters. The maximum atomic E-state index is 4.33. The van der Waals surface area contributed by atoms with E-state index in [1.165, 1.54) is 11.1 Å². The highest BCUT2D eigenvalue weighted by molar-refractivity contribution is 7.99. The van der Waals surface area contributed by atoms with Gasteiger partial charge in [-0.25, -0.2) is 4.98 Å². The first-order valence-electron chi connectivity index (χ1n) is 7.07. The zero-order valence-corrected chi connectivity index (χ0v) is 13.1. The Hall–Kier alpha value is -1.33. The van der Waals surface area contributed by atoms with Gasteiger partial charge >= 0.3 is 0 Å². The Morgan fingerprint density at radius 2 is 2.00 bits per heavy atom. The monoisotopic (exact) mass is 290 g/mol. The molecule has 0 radical (unpaired) electrons. The van der Waals surface area contributed by atoms with Gasteiger partial charge in [0.15, 0.2) is 0 Å². The Morgan fingerprint density at radius 1 is 1.25 bits per heavy atom. The van der Waals surface area contributed by atoms with Crippen molar-refractivity contribution in [2.45, 2.75) is 38.4 Å². The highest BCUT2D eigenvalue weighted by atomic mass is 32.2. The summed E-state index contributed by atoms with van der Waals surface area (Å²) in [6.07, 6.45) is 1.08.